The standard InChI is InChI=1S/C13H19N3O2S/c1-2-14-10-6-18-5-9(10)12(17)16-13-15-11(7-19-13)8-3-4-8/h7-10,14H,2-6H2,1H3,(H,15,16,17). The molecule has 0 radical (unpaired) electrons. The van der Waals surface area contributed by atoms with Crippen molar-refractivity contribution in [3.05, 3.63) is 11.1 Å². The van der Waals surface area contributed by atoms with Crippen LogP contribution < -0.4 is 10.6 Å². The highest BCUT2D eigenvalue weighted by Gasteiger charge is 2.34. The van der Waals surface area contributed by atoms with Crippen molar-refractivity contribution in [3.63, 3.8) is 0 Å². The number of hydrogen-bond acceptors (Lipinski definition) is 5. The summed E-state index contributed by atoms with van der Waals surface area (Å²) in [5.74, 6) is 0.527. The summed E-state index contributed by atoms with van der Waals surface area (Å²) in [4.78, 5) is 16.7. The molecule has 5 nitrogen and oxygen atoms in total. The molecular formula is C13H19N3O2S. The zero-order valence-electron chi connectivity index (χ0n) is 11.0. The van der Waals surface area contributed by atoms with Crippen LogP contribution in [0.4, 0.5) is 5.13 Å². The van der Waals surface area contributed by atoms with Crippen LogP contribution in [0.25, 0.3) is 0 Å². The first-order valence-electron chi connectivity index (χ1n) is 6.85. The van der Waals surface area contributed by atoms with Crippen LogP contribution in [0.1, 0.15) is 31.4 Å². The number of anilines is 1. The SMILES string of the molecule is CCNC1COCC1C(=O)Nc1nc(C2CC2)cs1. The molecule has 1 amide bonds. The van der Waals surface area contributed by atoms with Gasteiger partial charge < -0.3 is 15.4 Å². The van der Waals surface area contributed by atoms with E-state index in [-0.39, 0.29) is 17.9 Å². The molecule has 1 aromatic rings. The maximum atomic E-state index is 12.2. The van der Waals surface area contributed by atoms with E-state index in [2.05, 4.69) is 21.0 Å². The van der Waals surface area contributed by atoms with Gasteiger partial charge in [-0.15, -0.1) is 11.3 Å². The van der Waals surface area contributed by atoms with E-state index in [1.807, 2.05) is 6.92 Å². The number of rotatable bonds is 5. The van der Waals surface area contributed by atoms with Gasteiger partial charge in [0.1, 0.15) is 0 Å². The highest BCUT2D eigenvalue weighted by Crippen LogP contribution is 2.40. The third kappa shape index (κ3) is 2.96. The largest absolute Gasteiger partial charge is 0.379 e. The summed E-state index contributed by atoms with van der Waals surface area (Å²) >= 11 is 1.52. The van der Waals surface area contributed by atoms with Crippen molar-refractivity contribution in [1.82, 2.24) is 10.3 Å². The van der Waals surface area contributed by atoms with Crippen LogP contribution in [0.5, 0.6) is 0 Å². The molecule has 2 heterocycles. The second kappa shape index (κ2) is 5.56. The van der Waals surface area contributed by atoms with Crippen LogP contribution in [0.2, 0.25) is 0 Å². The van der Waals surface area contributed by atoms with Gasteiger partial charge in [-0.2, -0.15) is 0 Å². The number of carbonyl (C=O) groups is 1. The molecule has 1 aliphatic carbocycles. The van der Waals surface area contributed by atoms with Crippen LogP contribution in [0.15, 0.2) is 5.38 Å². The summed E-state index contributed by atoms with van der Waals surface area (Å²) < 4.78 is 5.39. The van der Waals surface area contributed by atoms with Gasteiger partial charge in [0.05, 0.1) is 24.8 Å². The molecular weight excluding hydrogens is 262 g/mol. The highest BCUT2D eigenvalue weighted by atomic mass is 32.1. The molecule has 1 aliphatic heterocycles. The van der Waals surface area contributed by atoms with E-state index in [9.17, 15) is 4.79 Å². The minimum Gasteiger partial charge on any atom is -0.379 e. The third-order valence-electron chi connectivity index (χ3n) is 3.63. The van der Waals surface area contributed by atoms with Crippen molar-refractivity contribution in [3.8, 4) is 0 Å². The first kappa shape index (κ1) is 13.0. The molecule has 2 fully saturated rings. The Morgan fingerprint density at radius 2 is 2.37 bits per heavy atom. The molecule has 0 spiro atoms. The minimum atomic E-state index is -0.117. The van der Waals surface area contributed by atoms with E-state index in [1.165, 1.54) is 24.2 Å². The maximum Gasteiger partial charge on any atom is 0.233 e. The lowest BCUT2D eigenvalue weighted by Crippen LogP contribution is -2.41. The molecule has 104 valence electrons. The van der Waals surface area contributed by atoms with E-state index in [0.717, 1.165) is 12.2 Å². The van der Waals surface area contributed by atoms with E-state index < -0.39 is 0 Å². The van der Waals surface area contributed by atoms with Crippen LogP contribution in [0.3, 0.4) is 0 Å². The molecule has 0 aromatic carbocycles. The summed E-state index contributed by atoms with van der Waals surface area (Å²) in [5.41, 5.74) is 1.13. The number of hydrogen-bond donors (Lipinski definition) is 2. The Balaban J connectivity index is 1.60. The first-order valence-corrected chi connectivity index (χ1v) is 7.73. The van der Waals surface area contributed by atoms with Gasteiger partial charge >= 0.3 is 0 Å². The molecule has 2 aliphatic rings. The zero-order chi connectivity index (χ0) is 13.2. The number of nitrogens with zero attached hydrogens (tertiary/aromatic N) is 1. The maximum absolute atomic E-state index is 12.2. The number of amides is 1. The van der Waals surface area contributed by atoms with Crippen LogP contribution in [-0.4, -0.2) is 36.7 Å². The summed E-state index contributed by atoms with van der Waals surface area (Å²) in [6.45, 7) is 3.98. The number of nitrogens with one attached hydrogen (secondary N) is 2. The van der Waals surface area contributed by atoms with Crippen LogP contribution in [0, 0.1) is 5.92 Å². The predicted molar refractivity (Wildman–Crippen MR) is 74.5 cm³/mol. The van der Waals surface area contributed by atoms with Crippen molar-refractivity contribution in [1.29, 1.82) is 0 Å². The Labute approximate surface area is 116 Å². The van der Waals surface area contributed by atoms with Crippen LogP contribution >= 0.6 is 11.3 Å². The minimum absolute atomic E-state index is 0.0140. The van der Waals surface area contributed by atoms with Gasteiger partial charge in [0, 0.05) is 17.3 Å². The fraction of sp³-hybridized carbons (Fsp3) is 0.692. The number of thiazole rings is 1. The molecule has 1 saturated carbocycles. The van der Waals surface area contributed by atoms with E-state index in [0.29, 0.717) is 24.3 Å². The van der Waals surface area contributed by atoms with Crippen molar-refractivity contribution in [2.45, 2.75) is 31.7 Å². The average Bonchev–Trinajstić information content (AvgIpc) is 2.96. The molecule has 1 saturated heterocycles. The summed E-state index contributed by atoms with van der Waals surface area (Å²) in [5, 5.41) is 8.99. The lowest BCUT2D eigenvalue weighted by atomic mass is 10.0. The number of ether oxygens (including phenoxy) is 1. The van der Waals surface area contributed by atoms with E-state index >= 15 is 0 Å². The van der Waals surface area contributed by atoms with E-state index in [4.69, 9.17) is 4.74 Å². The molecule has 1 aromatic heterocycles. The molecule has 6 heteroatoms. The zero-order valence-corrected chi connectivity index (χ0v) is 11.8. The lowest BCUT2D eigenvalue weighted by Gasteiger charge is -2.16. The smallest absolute Gasteiger partial charge is 0.233 e. The number of likely N-dealkylation sites (N-methyl/N-ethyl adjacent to an activating group) is 1. The summed E-state index contributed by atoms with van der Waals surface area (Å²) in [7, 11) is 0. The molecule has 19 heavy (non-hydrogen) atoms. The molecule has 2 atom stereocenters. The van der Waals surface area contributed by atoms with Gasteiger partial charge in [-0.25, -0.2) is 4.98 Å². The Kier molecular flexibility index (Phi) is 3.81. The molecule has 0 bridgehead atoms. The monoisotopic (exact) mass is 281 g/mol. The predicted octanol–water partition coefficient (Wildman–Crippen LogP) is 1.58. The van der Waals surface area contributed by atoms with Crippen molar-refractivity contribution in [2.24, 2.45) is 5.92 Å². The molecule has 2 unspecified atom stereocenters. The Bertz CT molecular complexity index is 458. The van der Waals surface area contributed by atoms with Gasteiger partial charge in [-0.1, -0.05) is 6.92 Å². The van der Waals surface area contributed by atoms with Gasteiger partial charge in [0.2, 0.25) is 5.91 Å². The van der Waals surface area contributed by atoms with E-state index in [1.54, 1.807) is 0 Å². The Hall–Kier alpha value is -0.980. The van der Waals surface area contributed by atoms with Crippen LogP contribution in [-0.2, 0) is 9.53 Å². The number of aromatic nitrogens is 1. The number of carbonyl (C=O) groups excluding carboxylic acids is 1. The van der Waals surface area contributed by atoms with Crippen molar-refractivity contribution < 1.29 is 9.53 Å². The Morgan fingerprint density at radius 3 is 3.11 bits per heavy atom. The molecule has 2 N–H and O–H groups in total. The quantitative estimate of drug-likeness (QED) is 0.860. The van der Waals surface area contributed by atoms with Crippen molar-refractivity contribution >= 4 is 22.4 Å². The second-order valence-corrected chi connectivity index (χ2v) is 6.01. The highest BCUT2D eigenvalue weighted by molar-refractivity contribution is 7.13. The van der Waals surface area contributed by atoms with Gasteiger partial charge in [-0.05, 0) is 19.4 Å². The Morgan fingerprint density at radius 1 is 1.53 bits per heavy atom. The summed E-state index contributed by atoms with van der Waals surface area (Å²) in [6.07, 6.45) is 2.46. The van der Waals surface area contributed by atoms with Gasteiger partial charge in [0.15, 0.2) is 5.13 Å². The summed E-state index contributed by atoms with van der Waals surface area (Å²) in [6, 6.07) is 0.118. The van der Waals surface area contributed by atoms with Gasteiger partial charge in [-0.3, -0.25) is 4.79 Å². The topological polar surface area (TPSA) is 63.2 Å². The molecule has 3 rings (SSSR count). The third-order valence-corrected chi connectivity index (χ3v) is 4.41. The fourth-order valence-corrected chi connectivity index (χ4v) is 3.18. The lowest BCUT2D eigenvalue weighted by molar-refractivity contribution is -0.120. The second-order valence-electron chi connectivity index (χ2n) is 5.15. The first-order chi connectivity index (χ1) is 9.28. The normalized spacial score (nSPS) is 26.6. The fourth-order valence-electron chi connectivity index (χ4n) is 2.38. The van der Waals surface area contributed by atoms with Gasteiger partial charge in [0.25, 0.3) is 0 Å². The average molecular weight is 281 g/mol. The van der Waals surface area contributed by atoms with Crippen molar-refractivity contribution in [2.75, 3.05) is 25.1 Å².